The monoisotopic (exact) mass is 343 g/mol. The molecule has 1 aromatic heterocycles. The van der Waals surface area contributed by atoms with Gasteiger partial charge in [-0.3, -0.25) is 4.79 Å². The Morgan fingerprint density at radius 1 is 1.36 bits per heavy atom. The molecule has 0 fully saturated rings. The Kier molecular flexibility index (Phi) is 4.94. The molecule has 7 heteroatoms. The van der Waals surface area contributed by atoms with E-state index in [0.717, 1.165) is 23.6 Å². The fourth-order valence-corrected chi connectivity index (χ4v) is 3.10. The molecule has 1 atom stereocenters. The fraction of sp³-hybridized carbons (Fsp3) is 0.444. The Balaban J connectivity index is 1.70. The van der Waals surface area contributed by atoms with Crippen molar-refractivity contribution >= 4 is 5.91 Å². The third kappa shape index (κ3) is 3.32. The maximum absolute atomic E-state index is 12.9. The SMILES string of the molecule is C/C=C(\O/C(=C\C)C1C=CN(C)N1C)C(=O)N1CCc2nc[nH]c2C1. The molecule has 134 valence electrons. The van der Waals surface area contributed by atoms with Crippen LogP contribution in [0.4, 0.5) is 0 Å². The quantitative estimate of drug-likeness (QED) is 0.667. The number of carbonyl (C=O) groups is 1. The van der Waals surface area contributed by atoms with Crippen LogP contribution < -0.4 is 0 Å². The van der Waals surface area contributed by atoms with Crippen molar-refractivity contribution in [2.75, 3.05) is 20.6 Å². The van der Waals surface area contributed by atoms with Gasteiger partial charge in [-0.1, -0.05) is 0 Å². The first kappa shape index (κ1) is 17.3. The molecule has 0 spiro atoms. The lowest BCUT2D eigenvalue weighted by Gasteiger charge is -2.30. The number of nitrogens with one attached hydrogen (secondary N) is 1. The first-order valence-corrected chi connectivity index (χ1v) is 8.49. The lowest BCUT2D eigenvalue weighted by atomic mass is 10.1. The van der Waals surface area contributed by atoms with Crippen LogP contribution in [0.2, 0.25) is 0 Å². The summed E-state index contributed by atoms with van der Waals surface area (Å²) in [5.41, 5.74) is 2.04. The maximum atomic E-state index is 12.9. The minimum atomic E-state index is -0.0971. The Hall–Kier alpha value is -2.54. The van der Waals surface area contributed by atoms with Crippen molar-refractivity contribution in [3.8, 4) is 0 Å². The Morgan fingerprint density at radius 2 is 2.16 bits per heavy atom. The van der Waals surface area contributed by atoms with E-state index < -0.39 is 0 Å². The molecule has 0 saturated carbocycles. The van der Waals surface area contributed by atoms with Gasteiger partial charge >= 0.3 is 0 Å². The summed E-state index contributed by atoms with van der Waals surface area (Å²) < 4.78 is 6.02. The van der Waals surface area contributed by atoms with E-state index in [9.17, 15) is 4.79 Å². The van der Waals surface area contributed by atoms with Crippen molar-refractivity contribution in [2.24, 2.45) is 0 Å². The zero-order chi connectivity index (χ0) is 18.0. The second kappa shape index (κ2) is 7.14. The predicted molar refractivity (Wildman–Crippen MR) is 94.8 cm³/mol. The molecule has 1 amide bonds. The highest BCUT2D eigenvalue weighted by Gasteiger charge is 2.29. The fourth-order valence-electron chi connectivity index (χ4n) is 3.10. The highest BCUT2D eigenvalue weighted by atomic mass is 16.5. The van der Waals surface area contributed by atoms with E-state index in [0.29, 0.717) is 18.8 Å². The van der Waals surface area contributed by atoms with Crippen LogP contribution in [0.15, 0.2) is 42.3 Å². The van der Waals surface area contributed by atoms with Crippen molar-refractivity contribution in [2.45, 2.75) is 32.9 Å². The number of allylic oxidation sites excluding steroid dienone is 2. The summed E-state index contributed by atoms with van der Waals surface area (Å²) >= 11 is 0. The third-order valence-electron chi connectivity index (χ3n) is 4.72. The number of aromatic nitrogens is 2. The van der Waals surface area contributed by atoms with Crippen molar-refractivity contribution in [3.05, 3.63) is 53.7 Å². The molecule has 2 aliphatic rings. The number of aromatic amines is 1. The largest absolute Gasteiger partial charge is 0.455 e. The highest BCUT2D eigenvalue weighted by Crippen LogP contribution is 2.24. The Morgan fingerprint density at radius 3 is 2.80 bits per heavy atom. The van der Waals surface area contributed by atoms with Crippen LogP contribution in [0.25, 0.3) is 0 Å². The van der Waals surface area contributed by atoms with E-state index in [-0.39, 0.29) is 11.9 Å². The van der Waals surface area contributed by atoms with Crippen LogP contribution in [0, 0.1) is 0 Å². The number of imidazole rings is 1. The lowest BCUT2D eigenvalue weighted by molar-refractivity contribution is -0.131. The van der Waals surface area contributed by atoms with Gasteiger partial charge < -0.3 is 19.6 Å². The van der Waals surface area contributed by atoms with Gasteiger partial charge in [0.2, 0.25) is 0 Å². The summed E-state index contributed by atoms with van der Waals surface area (Å²) in [6.45, 7) is 4.93. The van der Waals surface area contributed by atoms with E-state index >= 15 is 0 Å². The van der Waals surface area contributed by atoms with Crippen molar-refractivity contribution in [1.82, 2.24) is 24.9 Å². The van der Waals surface area contributed by atoms with Gasteiger partial charge in [-0.05, 0) is 32.1 Å². The number of hydrogen-bond donors (Lipinski definition) is 1. The number of hydrazine groups is 1. The normalized spacial score (nSPS) is 21.7. The van der Waals surface area contributed by atoms with Crippen LogP contribution in [-0.2, 0) is 22.5 Å². The summed E-state index contributed by atoms with van der Waals surface area (Å²) in [6, 6.07) is -0.0154. The Bertz CT molecular complexity index is 734. The number of carbonyl (C=O) groups excluding carboxylic acids is 1. The second-order valence-electron chi connectivity index (χ2n) is 6.18. The molecule has 0 bridgehead atoms. The smallest absolute Gasteiger partial charge is 0.289 e. The summed E-state index contributed by atoms with van der Waals surface area (Å²) in [5.74, 6) is 0.997. The predicted octanol–water partition coefficient (Wildman–Crippen LogP) is 1.79. The number of likely N-dealkylation sites (N-methyl/N-ethyl adjacent to an activating group) is 1. The van der Waals surface area contributed by atoms with Crippen molar-refractivity contribution in [3.63, 3.8) is 0 Å². The summed E-state index contributed by atoms with van der Waals surface area (Å²) in [7, 11) is 3.96. The van der Waals surface area contributed by atoms with Crippen molar-refractivity contribution < 1.29 is 9.53 Å². The van der Waals surface area contributed by atoms with Crippen molar-refractivity contribution in [1.29, 1.82) is 0 Å². The standard InChI is InChI=1S/C18H25N5O2/c1-5-16(15-8-9-21(3)22(15)4)25-17(6-2)18(24)23-10-7-13-14(11-23)20-12-19-13/h5-6,8-9,12,15H,7,10-11H2,1-4H3,(H,19,20)/b16-5-,17-6-. The molecule has 2 aliphatic heterocycles. The summed E-state index contributed by atoms with van der Waals surface area (Å²) in [5, 5.41) is 4.03. The van der Waals surface area contributed by atoms with Gasteiger partial charge in [-0.25, -0.2) is 9.99 Å². The molecular formula is C18H25N5O2. The number of H-pyrrole nitrogens is 1. The molecule has 3 rings (SSSR count). The third-order valence-corrected chi connectivity index (χ3v) is 4.72. The van der Waals surface area contributed by atoms with E-state index in [2.05, 4.69) is 9.97 Å². The second-order valence-corrected chi connectivity index (χ2v) is 6.18. The first-order chi connectivity index (χ1) is 12.0. The molecule has 7 nitrogen and oxygen atoms in total. The number of rotatable bonds is 4. The highest BCUT2D eigenvalue weighted by molar-refractivity contribution is 5.91. The van der Waals surface area contributed by atoms with Gasteiger partial charge in [0.25, 0.3) is 5.91 Å². The molecule has 25 heavy (non-hydrogen) atoms. The molecule has 1 N–H and O–H groups in total. The summed E-state index contributed by atoms with van der Waals surface area (Å²) in [6.07, 6.45) is 10.1. The van der Waals surface area contributed by atoms with Gasteiger partial charge in [-0.2, -0.15) is 0 Å². The average molecular weight is 343 g/mol. The number of fused-ring (bicyclic) bond motifs is 1. The lowest BCUT2D eigenvalue weighted by Crippen LogP contribution is -2.39. The van der Waals surface area contributed by atoms with Crippen LogP contribution in [0.3, 0.4) is 0 Å². The molecule has 0 aromatic carbocycles. The molecular weight excluding hydrogens is 318 g/mol. The number of amides is 1. The van der Waals surface area contributed by atoms with Crippen LogP contribution in [-0.4, -0.2) is 57.5 Å². The summed E-state index contributed by atoms with van der Waals surface area (Å²) in [4.78, 5) is 22.1. The minimum absolute atomic E-state index is 0.0154. The van der Waals surface area contributed by atoms with Gasteiger partial charge in [0.15, 0.2) is 5.76 Å². The molecule has 0 saturated heterocycles. The van der Waals surface area contributed by atoms with Gasteiger partial charge in [-0.15, -0.1) is 0 Å². The van der Waals surface area contributed by atoms with Crippen LogP contribution in [0.5, 0.6) is 0 Å². The van der Waals surface area contributed by atoms with E-state index in [1.54, 1.807) is 17.3 Å². The van der Waals surface area contributed by atoms with Gasteiger partial charge in [0.05, 0.1) is 24.3 Å². The molecule has 0 radical (unpaired) electrons. The topological polar surface area (TPSA) is 64.7 Å². The first-order valence-electron chi connectivity index (χ1n) is 8.49. The minimum Gasteiger partial charge on any atom is -0.455 e. The van der Waals surface area contributed by atoms with E-state index in [1.807, 2.05) is 56.3 Å². The maximum Gasteiger partial charge on any atom is 0.289 e. The molecule has 1 aromatic rings. The van der Waals surface area contributed by atoms with Crippen LogP contribution >= 0.6 is 0 Å². The average Bonchev–Trinajstić information content (AvgIpc) is 3.22. The molecule has 0 aliphatic carbocycles. The van der Waals surface area contributed by atoms with Gasteiger partial charge in [0, 0.05) is 33.3 Å². The zero-order valence-electron chi connectivity index (χ0n) is 15.2. The number of nitrogens with zero attached hydrogens (tertiary/aromatic N) is 4. The number of hydrogen-bond acceptors (Lipinski definition) is 5. The van der Waals surface area contributed by atoms with Crippen LogP contribution in [0.1, 0.15) is 25.2 Å². The number of ether oxygens (including phenoxy) is 1. The zero-order valence-corrected chi connectivity index (χ0v) is 15.2. The van der Waals surface area contributed by atoms with E-state index in [1.165, 1.54) is 0 Å². The Labute approximate surface area is 148 Å². The van der Waals surface area contributed by atoms with Gasteiger partial charge in [0.1, 0.15) is 11.8 Å². The molecule has 3 heterocycles. The molecule has 1 unspecified atom stereocenters. The van der Waals surface area contributed by atoms with E-state index in [4.69, 9.17) is 4.74 Å².